The van der Waals surface area contributed by atoms with Gasteiger partial charge in [-0.25, -0.2) is 0 Å². The Bertz CT molecular complexity index is 124. The van der Waals surface area contributed by atoms with Gasteiger partial charge in [0, 0.05) is 0 Å². The van der Waals surface area contributed by atoms with Crippen LogP contribution >= 0.6 is 0 Å². The lowest BCUT2D eigenvalue weighted by Gasteiger charge is -2.37. The number of aliphatic hydroxyl groups excluding tert-OH is 1. The Morgan fingerprint density at radius 3 is 2.18 bits per heavy atom. The molecule has 0 aromatic carbocycles. The van der Waals surface area contributed by atoms with Gasteiger partial charge in [0.15, 0.2) is 0 Å². The summed E-state index contributed by atoms with van der Waals surface area (Å²) in [6, 6.07) is 0. The molecule has 1 fully saturated rings. The average Bonchev–Trinajstić information content (AvgIpc) is 1.95. The van der Waals surface area contributed by atoms with E-state index in [0.717, 1.165) is 25.7 Å². The molecule has 0 heterocycles. The third kappa shape index (κ3) is 1.94. The van der Waals surface area contributed by atoms with Crippen LogP contribution in [-0.2, 0) is 0 Å². The molecule has 0 aromatic rings. The second-order valence-corrected chi connectivity index (χ2v) is 3.96. The molecular weight excluding hydrogens is 140 g/mol. The first-order chi connectivity index (χ1) is 5.04. The van der Waals surface area contributed by atoms with Crippen molar-refractivity contribution in [3.63, 3.8) is 0 Å². The summed E-state index contributed by atoms with van der Waals surface area (Å²) >= 11 is 0. The van der Waals surface area contributed by atoms with E-state index in [9.17, 15) is 10.2 Å². The van der Waals surface area contributed by atoms with E-state index in [1.54, 1.807) is 6.92 Å². The van der Waals surface area contributed by atoms with E-state index in [4.69, 9.17) is 0 Å². The predicted molar refractivity (Wildman–Crippen MR) is 44.3 cm³/mol. The first-order valence-electron chi connectivity index (χ1n) is 4.45. The summed E-state index contributed by atoms with van der Waals surface area (Å²) in [4.78, 5) is 0. The van der Waals surface area contributed by atoms with Crippen LogP contribution in [0, 0.1) is 5.92 Å². The van der Waals surface area contributed by atoms with E-state index in [1.807, 2.05) is 0 Å². The van der Waals surface area contributed by atoms with E-state index in [2.05, 4.69) is 6.92 Å². The van der Waals surface area contributed by atoms with Gasteiger partial charge >= 0.3 is 0 Å². The largest absolute Gasteiger partial charge is 0.390 e. The zero-order valence-corrected chi connectivity index (χ0v) is 7.38. The van der Waals surface area contributed by atoms with Gasteiger partial charge < -0.3 is 10.2 Å². The van der Waals surface area contributed by atoms with Crippen LogP contribution in [0.5, 0.6) is 0 Å². The molecule has 1 unspecified atom stereocenters. The van der Waals surface area contributed by atoms with E-state index in [0.29, 0.717) is 5.92 Å². The van der Waals surface area contributed by atoms with Gasteiger partial charge in [0.25, 0.3) is 0 Å². The summed E-state index contributed by atoms with van der Waals surface area (Å²) in [5.74, 6) is 0.717. The molecule has 1 saturated carbocycles. The zero-order valence-electron chi connectivity index (χ0n) is 7.38. The van der Waals surface area contributed by atoms with Crippen molar-refractivity contribution < 1.29 is 10.2 Å². The van der Waals surface area contributed by atoms with E-state index in [1.165, 1.54) is 0 Å². The van der Waals surface area contributed by atoms with E-state index >= 15 is 0 Å². The molecule has 0 radical (unpaired) electrons. The maximum Gasteiger partial charge on any atom is 0.0902 e. The minimum absolute atomic E-state index is 0.574. The van der Waals surface area contributed by atoms with Crippen molar-refractivity contribution in [3.05, 3.63) is 0 Å². The third-order valence-corrected chi connectivity index (χ3v) is 2.92. The molecule has 0 spiro atoms. The Kier molecular flexibility index (Phi) is 2.55. The Morgan fingerprint density at radius 2 is 1.82 bits per heavy atom. The third-order valence-electron chi connectivity index (χ3n) is 2.92. The fourth-order valence-corrected chi connectivity index (χ4v) is 1.68. The molecule has 0 bridgehead atoms. The van der Waals surface area contributed by atoms with Crippen LogP contribution in [0.1, 0.15) is 39.5 Å². The Morgan fingerprint density at radius 1 is 1.36 bits per heavy atom. The van der Waals surface area contributed by atoms with Crippen LogP contribution in [-0.4, -0.2) is 21.9 Å². The molecule has 0 saturated heterocycles. The Labute approximate surface area is 68.2 Å². The van der Waals surface area contributed by atoms with Gasteiger partial charge in [0.2, 0.25) is 0 Å². The predicted octanol–water partition coefficient (Wildman–Crippen LogP) is 1.31. The first-order valence-corrected chi connectivity index (χ1v) is 4.45. The van der Waals surface area contributed by atoms with Crippen LogP contribution in [0.2, 0.25) is 0 Å². The molecule has 1 aliphatic rings. The van der Waals surface area contributed by atoms with Gasteiger partial charge in [-0.05, 0) is 38.5 Å². The first kappa shape index (κ1) is 9.01. The standard InChI is InChI=1S/C9H18O2/c1-7-3-5-9(11,6-4-7)8(2)10/h7-8,10-11H,3-6H2,1-2H3. The highest BCUT2D eigenvalue weighted by Crippen LogP contribution is 2.33. The molecule has 66 valence electrons. The van der Waals surface area contributed by atoms with Crippen LogP contribution in [0.25, 0.3) is 0 Å². The van der Waals surface area contributed by atoms with Crippen molar-refractivity contribution in [3.8, 4) is 0 Å². The van der Waals surface area contributed by atoms with E-state index in [-0.39, 0.29) is 0 Å². The minimum atomic E-state index is -0.785. The molecule has 2 heteroatoms. The fourth-order valence-electron chi connectivity index (χ4n) is 1.68. The molecule has 2 nitrogen and oxygen atoms in total. The number of hydrogen-bond donors (Lipinski definition) is 2. The van der Waals surface area contributed by atoms with Crippen LogP contribution in [0.15, 0.2) is 0 Å². The lowest BCUT2D eigenvalue weighted by molar-refractivity contribution is -0.0947. The summed E-state index contributed by atoms with van der Waals surface area (Å²) in [6.07, 6.45) is 3.02. The van der Waals surface area contributed by atoms with Crippen molar-refractivity contribution in [2.75, 3.05) is 0 Å². The lowest BCUT2D eigenvalue weighted by Crippen LogP contribution is -2.43. The SMILES string of the molecule is CC1CCC(O)(C(C)O)CC1. The van der Waals surface area contributed by atoms with Crippen molar-refractivity contribution in [2.45, 2.75) is 51.2 Å². The summed E-state index contributed by atoms with van der Waals surface area (Å²) in [5.41, 5.74) is -0.785. The van der Waals surface area contributed by atoms with Crippen molar-refractivity contribution >= 4 is 0 Å². The van der Waals surface area contributed by atoms with Gasteiger partial charge in [-0.1, -0.05) is 6.92 Å². The van der Waals surface area contributed by atoms with Gasteiger partial charge in [-0.3, -0.25) is 0 Å². The molecular formula is C9H18O2. The van der Waals surface area contributed by atoms with Crippen LogP contribution in [0.4, 0.5) is 0 Å². The molecule has 2 N–H and O–H groups in total. The summed E-state index contributed by atoms with van der Waals surface area (Å²) < 4.78 is 0. The second kappa shape index (κ2) is 3.11. The summed E-state index contributed by atoms with van der Waals surface area (Å²) in [5, 5.41) is 19.1. The molecule has 1 rings (SSSR count). The smallest absolute Gasteiger partial charge is 0.0902 e. The number of rotatable bonds is 1. The molecule has 0 aliphatic heterocycles. The number of aliphatic hydroxyl groups is 2. The van der Waals surface area contributed by atoms with Gasteiger partial charge in [0.05, 0.1) is 11.7 Å². The highest BCUT2D eigenvalue weighted by molar-refractivity contribution is 4.88. The van der Waals surface area contributed by atoms with E-state index < -0.39 is 11.7 Å². The highest BCUT2D eigenvalue weighted by Gasteiger charge is 2.35. The van der Waals surface area contributed by atoms with Crippen molar-refractivity contribution in [2.24, 2.45) is 5.92 Å². The van der Waals surface area contributed by atoms with Crippen molar-refractivity contribution in [1.82, 2.24) is 0 Å². The van der Waals surface area contributed by atoms with Gasteiger partial charge in [-0.15, -0.1) is 0 Å². The van der Waals surface area contributed by atoms with Gasteiger partial charge in [0.1, 0.15) is 0 Å². The van der Waals surface area contributed by atoms with Crippen LogP contribution in [0.3, 0.4) is 0 Å². The summed E-state index contributed by atoms with van der Waals surface area (Å²) in [7, 11) is 0. The zero-order chi connectivity index (χ0) is 8.48. The minimum Gasteiger partial charge on any atom is -0.390 e. The van der Waals surface area contributed by atoms with Gasteiger partial charge in [-0.2, -0.15) is 0 Å². The fraction of sp³-hybridized carbons (Fsp3) is 1.00. The normalized spacial score (nSPS) is 42.0. The Hall–Kier alpha value is -0.0800. The maximum absolute atomic E-state index is 9.82. The molecule has 0 aromatic heterocycles. The second-order valence-electron chi connectivity index (χ2n) is 3.96. The molecule has 0 amide bonds. The highest BCUT2D eigenvalue weighted by atomic mass is 16.3. The molecule has 1 atom stereocenters. The Balaban J connectivity index is 2.48. The molecule has 1 aliphatic carbocycles. The lowest BCUT2D eigenvalue weighted by atomic mass is 9.77. The monoisotopic (exact) mass is 158 g/mol. The quantitative estimate of drug-likeness (QED) is 0.604. The molecule has 11 heavy (non-hydrogen) atoms. The summed E-state index contributed by atoms with van der Waals surface area (Å²) in [6.45, 7) is 3.87. The average molecular weight is 158 g/mol. The van der Waals surface area contributed by atoms with Crippen LogP contribution < -0.4 is 0 Å². The maximum atomic E-state index is 9.82. The topological polar surface area (TPSA) is 40.5 Å². The van der Waals surface area contributed by atoms with Crippen molar-refractivity contribution in [1.29, 1.82) is 0 Å². The number of hydrogen-bond acceptors (Lipinski definition) is 2.